The Bertz CT molecular complexity index is 644. The van der Waals surface area contributed by atoms with E-state index in [4.69, 9.17) is 27.8 Å². The first-order valence-corrected chi connectivity index (χ1v) is 6.06. The summed E-state index contributed by atoms with van der Waals surface area (Å²) in [6.07, 6.45) is 0. The molecule has 0 heterocycles. The van der Waals surface area contributed by atoms with Gasteiger partial charge in [0.1, 0.15) is 10.8 Å². The summed E-state index contributed by atoms with van der Waals surface area (Å²) in [5, 5.41) is -0.186. The lowest BCUT2D eigenvalue weighted by atomic mass is 10.1. The molecule has 0 spiro atoms. The summed E-state index contributed by atoms with van der Waals surface area (Å²) in [5.74, 6) is -0.331. The van der Waals surface area contributed by atoms with Gasteiger partial charge in [-0.25, -0.2) is 4.39 Å². The predicted octanol–water partition coefficient (Wildman–Crippen LogP) is 4.05. The third-order valence-corrected chi connectivity index (χ3v) is 3.15. The summed E-state index contributed by atoms with van der Waals surface area (Å²) in [4.78, 5) is 0. The van der Waals surface area contributed by atoms with Gasteiger partial charge in [-0.3, -0.25) is 0 Å². The van der Waals surface area contributed by atoms with Crippen molar-refractivity contribution in [2.75, 3.05) is 11.5 Å². The van der Waals surface area contributed by atoms with E-state index in [1.165, 1.54) is 6.07 Å². The zero-order valence-corrected chi connectivity index (χ0v) is 11.4. The molecule has 3 nitrogen and oxygen atoms in total. The number of hydrogen-bond acceptors (Lipinski definition) is 3. The van der Waals surface area contributed by atoms with Crippen molar-refractivity contribution in [1.29, 1.82) is 0 Å². The first-order chi connectivity index (χ1) is 8.90. The van der Waals surface area contributed by atoms with E-state index in [2.05, 4.69) is 0 Å². The van der Waals surface area contributed by atoms with Crippen molar-refractivity contribution in [3.8, 4) is 11.5 Å². The molecular weight excluding hydrogens is 267 g/mol. The minimum atomic E-state index is -0.751. The van der Waals surface area contributed by atoms with Gasteiger partial charge in [-0.05, 0) is 31.5 Å². The molecule has 0 bridgehead atoms. The van der Waals surface area contributed by atoms with Crippen molar-refractivity contribution in [3.63, 3.8) is 0 Å². The number of ether oxygens (including phenoxy) is 1. The SMILES string of the molecule is Cc1ccc(Oc2c(N)cc(N)c(Cl)c2F)c(C)c1. The van der Waals surface area contributed by atoms with Gasteiger partial charge >= 0.3 is 0 Å². The van der Waals surface area contributed by atoms with Crippen molar-refractivity contribution in [2.45, 2.75) is 13.8 Å². The molecule has 0 aliphatic carbocycles. The van der Waals surface area contributed by atoms with Crippen molar-refractivity contribution in [3.05, 3.63) is 46.2 Å². The minimum Gasteiger partial charge on any atom is -0.452 e. The van der Waals surface area contributed by atoms with Gasteiger partial charge in [-0.1, -0.05) is 29.3 Å². The van der Waals surface area contributed by atoms with Gasteiger partial charge in [0.15, 0.2) is 11.6 Å². The number of halogens is 2. The molecule has 0 aromatic heterocycles. The summed E-state index contributed by atoms with van der Waals surface area (Å²) >= 11 is 5.75. The molecule has 0 atom stereocenters. The van der Waals surface area contributed by atoms with Gasteiger partial charge in [0, 0.05) is 0 Å². The molecule has 19 heavy (non-hydrogen) atoms. The van der Waals surface area contributed by atoms with E-state index in [-0.39, 0.29) is 22.1 Å². The van der Waals surface area contributed by atoms with E-state index in [0.717, 1.165) is 11.1 Å². The highest BCUT2D eigenvalue weighted by atomic mass is 35.5. The Balaban J connectivity index is 2.47. The predicted molar refractivity (Wildman–Crippen MR) is 76.2 cm³/mol. The third-order valence-electron chi connectivity index (χ3n) is 2.76. The van der Waals surface area contributed by atoms with Crippen molar-refractivity contribution in [1.82, 2.24) is 0 Å². The number of aryl methyl sites for hydroxylation is 2. The maximum atomic E-state index is 14.0. The highest BCUT2D eigenvalue weighted by molar-refractivity contribution is 6.33. The van der Waals surface area contributed by atoms with Crippen LogP contribution >= 0.6 is 11.6 Å². The number of anilines is 2. The zero-order valence-electron chi connectivity index (χ0n) is 10.6. The van der Waals surface area contributed by atoms with Crippen molar-refractivity contribution >= 4 is 23.0 Å². The molecule has 5 heteroatoms. The average Bonchev–Trinajstić information content (AvgIpc) is 2.34. The Morgan fingerprint density at radius 2 is 1.79 bits per heavy atom. The van der Waals surface area contributed by atoms with E-state index in [1.54, 1.807) is 6.07 Å². The molecule has 2 rings (SSSR count). The molecule has 0 saturated carbocycles. The molecule has 0 fully saturated rings. The van der Waals surface area contributed by atoms with Crippen molar-refractivity contribution < 1.29 is 9.13 Å². The Morgan fingerprint density at radius 3 is 2.42 bits per heavy atom. The first-order valence-electron chi connectivity index (χ1n) is 5.68. The Labute approximate surface area is 115 Å². The standard InChI is InChI=1S/C14H14ClFN2O/c1-7-3-4-11(8(2)5-7)19-14-10(18)6-9(17)12(15)13(14)16/h3-6H,17-18H2,1-2H3. The van der Waals surface area contributed by atoms with Crippen LogP contribution in [0, 0.1) is 19.7 Å². The number of benzene rings is 2. The highest BCUT2D eigenvalue weighted by Gasteiger charge is 2.17. The Kier molecular flexibility index (Phi) is 3.53. The average molecular weight is 281 g/mol. The van der Waals surface area contributed by atoms with Gasteiger partial charge in [0.2, 0.25) is 0 Å². The fourth-order valence-corrected chi connectivity index (χ4v) is 1.92. The highest BCUT2D eigenvalue weighted by Crippen LogP contribution is 2.38. The maximum Gasteiger partial charge on any atom is 0.188 e. The molecule has 100 valence electrons. The van der Waals surface area contributed by atoms with Gasteiger partial charge in [0.05, 0.1) is 11.4 Å². The lowest BCUT2D eigenvalue weighted by Crippen LogP contribution is -2.00. The summed E-state index contributed by atoms with van der Waals surface area (Å²) in [7, 11) is 0. The fraction of sp³-hybridized carbons (Fsp3) is 0.143. The van der Waals surface area contributed by atoms with Crippen LogP contribution in [0.5, 0.6) is 11.5 Å². The van der Waals surface area contributed by atoms with E-state index < -0.39 is 5.82 Å². The normalized spacial score (nSPS) is 10.5. The second-order valence-electron chi connectivity index (χ2n) is 4.38. The molecular formula is C14H14ClFN2O. The van der Waals surface area contributed by atoms with E-state index in [0.29, 0.717) is 5.75 Å². The van der Waals surface area contributed by atoms with Gasteiger partial charge in [0.25, 0.3) is 0 Å². The quantitative estimate of drug-likeness (QED) is 0.816. The van der Waals surface area contributed by atoms with Gasteiger partial charge in [-0.15, -0.1) is 0 Å². The van der Waals surface area contributed by atoms with Gasteiger partial charge in [-0.2, -0.15) is 0 Å². The largest absolute Gasteiger partial charge is 0.452 e. The molecule has 4 N–H and O–H groups in total. The summed E-state index contributed by atoms with van der Waals surface area (Å²) in [6, 6.07) is 6.94. The lowest BCUT2D eigenvalue weighted by molar-refractivity contribution is 0.442. The van der Waals surface area contributed by atoms with Crippen molar-refractivity contribution in [2.24, 2.45) is 0 Å². The van der Waals surface area contributed by atoms with Crippen LogP contribution in [0.25, 0.3) is 0 Å². The number of nitrogen functional groups attached to an aromatic ring is 2. The van der Waals surface area contributed by atoms with E-state index in [1.807, 2.05) is 26.0 Å². The van der Waals surface area contributed by atoms with Gasteiger partial charge < -0.3 is 16.2 Å². The fourth-order valence-electron chi connectivity index (χ4n) is 1.78. The molecule has 2 aromatic carbocycles. The van der Waals surface area contributed by atoms with Crippen LogP contribution in [0.1, 0.15) is 11.1 Å². The van der Waals surface area contributed by atoms with Crippen LogP contribution in [0.4, 0.5) is 15.8 Å². The molecule has 0 amide bonds. The third kappa shape index (κ3) is 2.58. The Morgan fingerprint density at radius 1 is 1.11 bits per heavy atom. The lowest BCUT2D eigenvalue weighted by Gasteiger charge is -2.13. The molecule has 0 radical (unpaired) electrons. The maximum absolute atomic E-state index is 14.0. The van der Waals surface area contributed by atoms with Crippen LogP contribution in [-0.2, 0) is 0 Å². The minimum absolute atomic E-state index is 0.0876. The molecule has 0 aliphatic rings. The monoisotopic (exact) mass is 280 g/mol. The molecule has 2 aromatic rings. The van der Waals surface area contributed by atoms with Crippen LogP contribution < -0.4 is 16.2 Å². The summed E-state index contributed by atoms with van der Waals surface area (Å²) in [6.45, 7) is 3.83. The second-order valence-corrected chi connectivity index (χ2v) is 4.76. The number of nitrogens with two attached hydrogens (primary N) is 2. The van der Waals surface area contributed by atoms with Crippen LogP contribution in [0.3, 0.4) is 0 Å². The number of rotatable bonds is 2. The van der Waals surface area contributed by atoms with Crippen LogP contribution in [-0.4, -0.2) is 0 Å². The summed E-state index contributed by atoms with van der Waals surface area (Å²) < 4.78 is 19.5. The molecule has 0 saturated heterocycles. The topological polar surface area (TPSA) is 61.3 Å². The van der Waals surface area contributed by atoms with Crippen LogP contribution in [0.15, 0.2) is 24.3 Å². The van der Waals surface area contributed by atoms with E-state index in [9.17, 15) is 4.39 Å². The second kappa shape index (κ2) is 4.97. The Hall–Kier alpha value is -1.94. The molecule has 0 aliphatic heterocycles. The number of hydrogen-bond donors (Lipinski definition) is 2. The van der Waals surface area contributed by atoms with E-state index >= 15 is 0 Å². The smallest absolute Gasteiger partial charge is 0.188 e. The molecule has 0 unspecified atom stereocenters. The zero-order chi connectivity index (χ0) is 14.2. The summed E-state index contributed by atoms with van der Waals surface area (Å²) in [5.41, 5.74) is 13.4. The van der Waals surface area contributed by atoms with Crippen LogP contribution in [0.2, 0.25) is 5.02 Å². The first kappa shape index (κ1) is 13.5.